The number of hydrogen-bond donors (Lipinski definition) is 1. The van der Waals surface area contributed by atoms with E-state index >= 15 is 0 Å². The number of nitrogens with one attached hydrogen (secondary N) is 1. The molecule has 4 aromatic rings. The second-order valence-corrected chi connectivity index (χ2v) is 5.83. The highest BCUT2D eigenvalue weighted by atomic mass is 35.5. The molecule has 24 heavy (non-hydrogen) atoms. The van der Waals surface area contributed by atoms with E-state index in [1.54, 1.807) is 6.33 Å². The summed E-state index contributed by atoms with van der Waals surface area (Å²) in [4.78, 5) is 8.85. The smallest absolute Gasteiger partial charge is 0.141 e. The Labute approximate surface area is 147 Å². The van der Waals surface area contributed by atoms with Gasteiger partial charge in [0.05, 0.1) is 5.52 Å². The minimum Gasteiger partial charge on any atom is -0.339 e. The molecule has 0 bridgehead atoms. The molecule has 0 unspecified atom stereocenters. The maximum atomic E-state index is 4.46. The lowest BCUT2D eigenvalue weighted by Gasteiger charge is -2.12. The Hall–Kier alpha value is -2.65. The van der Waals surface area contributed by atoms with Gasteiger partial charge in [0.2, 0.25) is 0 Å². The minimum atomic E-state index is 0. The quantitative estimate of drug-likeness (QED) is 0.520. The molecule has 0 aliphatic rings. The van der Waals surface area contributed by atoms with Crippen molar-refractivity contribution < 1.29 is 0 Å². The maximum Gasteiger partial charge on any atom is 0.141 e. The van der Waals surface area contributed by atoms with Gasteiger partial charge >= 0.3 is 0 Å². The van der Waals surface area contributed by atoms with Crippen LogP contribution in [0.2, 0.25) is 0 Å². The molecule has 0 radical (unpaired) electrons. The van der Waals surface area contributed by atoms with Gasteiger partial charge in [-0.2, -0.15) is 0 Å². The van der Waals surface area contributed by atoms with E-state index in [1.165, 1.54) is 21.9 Å². The number of nitrogens with zero attached hydrogens (tertiary/aromatic N) is 2. The zero-order valence-electron chi connectivity index (χ0n) is 13.6. The first-order valence-corrected chi connectivity index (χ1v) is 7.69. The number of aryl methyl sites for hydroxylation is 2. The number of rotatable bonds is 2. The summed E-state index contributed by atoms with van der Waals surface area (Å²) < 4.78 is 0. The van der Waals surface area contributed by atoms with Crippen LogP contribution in [0.1, 0.15) is 11.1 Å². The average Bonchev–Trinajstić information content (AvgIpc) is 2.57. The second-order valence-electron chi connectivity index (χ2n) is 5.83. The third-order valence-electron chi connectivity index (χ3n) is 4.29. The molecule has 0 amide bonds. The van der Waals surface area contributed by atoms with Gasteiger partial charge in [0, 0.05) is 16.5 Å². The fourth-order valence-electron chi connectivity index (χ4n) is 2.88. The predicted octanol–water partition coefficient (Wildman–Crippen LogP) is 5.57. The fraction of sp³-hybridized carbons (Fsp3) is 0.100. The highest BCUT2D eigenvalue weighted by Gasteiger charge is 2.08. The van der Waals surface area contributed by atoms with Gasteiger partial charge in [-0.1, -0.05) is 36.4 Å². The van der Waals surface area contributed by atoms with Gasteiger partial charge in [0.15, 0.2) is 0 Å². The van der Waals surface area contributed by atoms with E-state index in [1.807, 2.05) is 0 Å². The van der Waals surface area contributed by atoms with Crippen molar-refractivity contribution in [2.24, 2.45) is 0 Å². The first-order valence-electron chi connectivity index (χ1n) is 7.69. The number of hydrogen-bond acceptors (Lipinski definition) is 3. The average molecular weight is 336 g/mol. The molecule has 0 saturated heterocycles. The van der Waals surface area contributed by atoms with Crippen molar-refractivity contribution in [3.8, 4) is 0 Å². The van der Waals surface area contributed by atoms with Gasteiger partial charge in [-0.3, -0.25) is 0 Å². The van der Waals surface area contributed by atoms with Gasteiger partial charge in [0.1, 0.15) is 12.1 Å². The SMILES string of the molecule is Cc1cc2ncnc(Nc3cccc4ccccc34)c2cc1C.Cl. The molecule has 120 valence electrons. The summed E-state index contributed by atoms with van der Waals surface area (Å²) >= 11 is 0. The first kappa shape index (κ1) is 16.2. The molecular weight excluding hydrogens is 318 g/mol. The first-order chi connectivity index (χ1) is 11.2. The minimum absolute atomic E-state index is 0. The van der Waals surface area contributed by atoms with Crippen molar-refractivity contribution in [1.82, 2.24) is 9.97 Å². The predicted molar refractivity (Wildman–Crippen MR) is 103 cm³/mol. The molecule has 1 aromatic heterocycles. The lowest BCUT2D eigenvalue weighted by atomic mass is 10.1. The normalized spacial score (nSPS) is 10.6. The van der Waals surface area contributed by atoms with Crippen molar-refractivity contribution in [2.45, 2.75) is 13.8 Å². The van der Waals surface area contributed by atoms with Crippen molar-refractivity contribution in [2.75, 3.05) is 5.32 Å². The molecule has 0 atom stereocenters. The summed E-state index contributed by atoms with van der Waals surface area (Å²) in [5, 5.41) is 6.93. The number of fused-ring (bicyclic) bond motifs is 2. The van der Waals surface area contributed by atoms with Crippen molar-refractivity contribution in [3.05, 3.63) is 72.1 Å². The standard InChI is InChI=1S/C20H17N3.ClH/c1-13-10-17-19(11-14(13)2)21-12-22-20(17)23-18-9-5-7-15-6-3-4-8-16(15)18;/h3-12H,1-2H3,(H,21,22,23);1H. The molecule has 1 heterocycles. The van der Waals surface area contributed by atoms with Crippen LogP contribution < -0.4 is 5.32 Å². The summed E-state index contributed by atoms with van der Waals surface area (Å²) in [7, 11) is 0. The monoisotopic (exact) mass is 335 g/mol. The van der Waals surface area contributed by atoms with Crippen LogP contribution in [0.3, 0.4) is 0 Å². The summed E-state index contributed by atoms with van der Waals surface area (Å²) in [6.07, 6.45) is 1.62. The molecule has 4 heteroatoms. The van der Waals surface area contributed by atoms with Crippen LogP contribution in [0.4, 0.5) is 11.5 Å². The topological polar surface area (TPSA) is 37.8 Å². The Morgan fingerprint density at radius 1 is 0.792 bits per heavy atom. The molecule has 0 aliphatic carbocycles. The molecule has 3 aromatic carbocycles. The molecular formula is C20H18ClN3. The number of aromatic nitrogens is 2. The third kappa shape index (κ3) is 2.79. The van der Waals surface area contributed by atoms with Crippen LogP contribution in [0.25, 0.3) is 21.7 Å². The van der Waals surface area contributed by atoms with Crippen molar-refractivity contribution >= 4 is 45.6 Å². The van der Waals surface area contributed by atoms with Crippen LogP contribution >= 0.6 is 12.4 Å². The summed E-state index contributed by atoms with van der Waals surface area (Å²) in [5.41, 5.74) is 4.51. The summed E-state index contributed by atoms with van der Waals surface area (Å²) in [6, 6.07) is 18.9. The van der Waals surface area contributed by atoms with Gasteiger partial charge < -0.3 is 5.32 Å². The summed E-state index contributed by atoms with van der Waals surface area (Å²) in [6.45, 7) is 4.22. The van der Waals surface area contributed by atoms with Crippen LogP contribution in [0, 0.1) is 13.8 Å². The lowest BCUT2D eigenvalue weighted by Crippen LogP contribution is -1.97. The van der Waals surface area contributed by atoms with Crippen LogP contribution in [-0.2, 0) is 0 Å². The molecule has 0 aliphatic heterocycles. The molecule has 0 fully saturated rings. The Balaban J connectivity index is 0.00000169. The zero-order valence-corrected chi connectivity index (χ0v) is 14.4. The van der Waals surface area contributed by atoms with E-state index in [9.17, 15) is 0 Å². The number of halogens is 1. The van der Waals surface area contributed by atoms with E-state index in [-0.39, 0.29) is 12.4 Å². The van der Waals surface area contributed by atoms with Gasteiger partial charge in [0.25, 0.3) is 0 Å². The number of anilines is 2. The number of benzene rings is 3. The fourth-order valence-corrected chi connectivity index (χ4v) is 2.88. The van der Waals surface area contributed by atoms with E-state index in [0.717, 1.165) is 22.4 Å². The highest BCUT2D eigenvalue weighted by Crippen LogP contribution is 2.29. The molecule has 1 N–H and O–H groups in total. The molecule has 3 nitrogen and oxygen atoms in total. The summed E-state index contributed by atoms with van der Waals surface area (Å²) in [5.74, 6) is 0.842. The van der Waals surface area contributed by atoms with Crippen molar-refractivity contribution in [3.63, 3.8) is 0 Å². The maximum absolute atomic E-state index is 4.46. The Morgan fingerprint density at radius 3 is 2.42 bits per heavy atom. The molecule has 0 spiro atoms. The zero-order chi connectivity index (χ0) is 15.8. The highest BCUT2D eigenvalue weighted by molar-refractivity contribution is 5.98. The third-order valence-corrected chi connectivity index (χ3v) is 4.29. The van der Waals surface area contributed by atoms with Crippen LogP contribution in [0.5, 0.6) is 0 Å². The Bertz CT molecular complexity index is 1020. The van der Waals surface area contributed by atoms with E-state index < -0.39 is 0 Å². The Kier molecular flexibility index (Phi) is 4.36. The molecule has 4 rings (SSSR count). The van der Waals surface area contributed by atoms with Crippen LogP contribution in [0.15, 0.2) is 60.9 Å². The van der Waals surface area contributed by atoms with Gasteiger partial charge in [-0.15, -0.1) is 12.4 Å². The second kappa shape index (κ2) is 6.46. The van der Waals surface area contributed by atoms with E-state index in [2.05, 4.69) is 83.7 Å². The largest absolute Gasteiger partial charge is 0.339 e. The van der Waals surface area contributed by atoms with Crippen molar-refractivity contribution in [1.29, 1.82) is 0 Å². The van der Waals surface area contributed by atoms with Crippen LogP contribution in [-0.4, -0.2) is 9.97 Å². The Morgan fingerprint density at radius 2 is 1.54 bits per heavy atom. The van der Waals surface area contributed by atoms with Gasteiger partial charge in [-0.25, -0.2) is 9.97 Å². The van der Waals surface area contributed by atoms with E-state index in [4.69, 9.17) is 0 Å². The van der Waals surface area contributed by atoms with E-state index in [0.29, 0.717) is 0 Å². The molecule has 0 saturated carbocycles. The lowest BCUT2D eigenvalue weighted by molar-refractivity contribution is 1.21. The van der Waals surface area contributed by atoms with Gasteiger partial charge in [-0.05, 0) is 48.6 Å².